The van der Waals surface area contributed by atoms with Crippen LogP contribution in [0, 0.1) is 0 Å². The van der Waals surface area contributed by atoms with Gasteiger partial charge in [0.1, 0.15) is 5.75 Å². The minimum atomic E-state index is 0.371. The molecule has 1 aromatic carbocycles. The highest BCUT2D eigenvalue weighted by Crippen LogP contribution is 2.29. The SMILES string of the molecule is CCOc1ccccc1N1CCC(N)CC1. The van der Waals surface area contributed by atoms with Gasteiger partial charge in [-0.25, -0.2) is 0 Å². The predicted molar refractivity (Wildman–Crippen MR) is 67.0 cm³/mol. The summed E-state index contributed by atoms with van der Waals surface area (Å²) in [5, 5.41) is 0. The lowest BCUT2D eigenvalue weighted by atomic mass is 10.1. The van der Waals surface area contributed by atoms with Crippen molar-refractivity contribution in [2.45, 2.75) is 25.8 Å². The first-order valence-electron chi connectivity index (χ1n) is 6.03. The number of nitrogens with two attached hydrogens (primary N) is 1. The Morgan fingerprint density at radius 3 is 2.69 bits per heavy atom. The fourth-order valence-corrected chi connectivity index (χ4v) is 2.14. The average molecular weight is 220 g/mol. The smallest absolute Gasteiger partial charge is 0.142 e. The topological polar surface area (TPSA) is 38.5 Å². The Bertz CT molecular complexity index is 332. The Morgan fingerprint density at radius 1 is 1.31 bits per heavy atom. The summed E-state index contributed by atoms with van der Waals surface area (Å²) in [6.07, 6.45) is 2.14. The molecule has 1 saturated heterocycles. The summed E-state index contributed by atoms with van der Waals surface area (Å²) >= 11 is 0. The van der Waals surface area contributed by atoms with E-state index in [4.69, 9.17) is 10.5 Å². The molecule has 1 aliphatic heterocycles. The van der Waals surface area contributed by atoms with Gasteiger partial charge in [0.25, 0.3) is 0 Å². The van der Waals surface area contributed by atoms with E-state index in [1.807, 2.05) is 19.1 Å². The van der Waals surface area contributed by atoms with E-state index in [0.717, 1.165) is 31.7 Å². The van der Waals surface area contributed by atoms with E-state index in [0.29, 0.717) is 12.6 Å². The number of ether oxygens (including phenoxy) is 1. The quantitative estimate of drug-likeness (QED) is 0.847. The maximum Gasteiger partial charge on any atom is 0.142 e. The molecule has 3 nitrogen and oxygen atoms in total. The molecule has 2 rings (SSSR count). The van der Waals surface area contributed by atoms with Crippen LogP contribution in [0.5, 0.6) is 5.75 Å². The van der Waals surface area contributed by atoms with E-state index in [2.05, 4.69) is 17.0 Å². The second-order valence-corrected chi connectivity index (χ2v) is 4.23. The van der Waals surface area contributed by atoms with Crippen LogP contribution in [0.15, 0.2) is 24.3 Å². The molecule has 3 heteroatoms. The molecule has 0 atom stereocenters. The van der Waals surface area contributed by atoms with Gasteiger partial charge in [-0.3, -0.25) is 0 Å². The molecule has 0 aliphatic carbocycles. The molecule has 1 aliphatic rings. The summed E-state index contributed by atoms with van der Waals surface area (Å²) < 4.78 is 5.64. The summed E-state index contributed by atoms with van der Waals surface area (Å²) in [6.45, 7) is 4.80. The Kier molecular flexibility index (Phi) is 3.67. The molecule has 1 heterocycles. The first-order valence-corrected chi connectivity index (χ1v) is 6.03. The number of hydrogen-bond acceptors (Lipinski definition) is 3. The third-order valence-electron chi connectivity index (χ3n) is 3.05. The molecular formula is C13H20N2O. The summed E-state index contributed by atoms with van der Waals surface area (Å²) in [5.74, 6) is 0.987. The van der Waals surface area contributed by atoms with Crippen LogP contribution in [0.25, 0.3) is 0 Å². The summed E-state index contributed by atoms with van der Waals surface area (Å²) in [6, 6.07) is 8.61. The fraction of sp³-hybridized carbons (Fsp3) is 0.538. The third kappa shape index (κ3) is 2.47. The highest BCUT2D eigenvalue weighted by Gasteiger charge is 2.18. The minimum absolute atomic E-state index is 0.371. The van der Waals surface area contributed by atoms with Crippen molar-refractivity contribution in [1.82, 2.24) is 0 Å². The molecule has 0 aromatic heterocycles. The number of rotatable bonds is 3. The lowest BCUT2D eigenvalue weighted by Crippen LogP contribution is -2.39. The van der Waals surface area contributed by atoms with Crippen LogP contribution in [-0.2, 0) is 0 Å². The number of piperidine rings is 1. The number of nitrogens with zero attached hydrogens (tertiary/aromatic N) is 1. The Morgan fingerprint density at radius 2 is 2.00 bits per heavy atom. The molecule has 0 spiro atoms. The Labute approximate surface area is 97.2 Å². The molecule has 16 heavy (non-hydrogen) atoms. The van der Waals surface area contributed by atoms with Gasteiger partial charge in [-0.2, -0.15) is 0 Å². The van der Waals surface area contributed by atoms with Gasteiger partial charge in [0, 0.05) is 19.1 Å². The summed E-state index contributed by atoms with van der Waals surface area (Å²) in [5.41, 5.74) is 7.12. The molecule has 0 unspecified atom stereocenters. The van der Waals surface area contributed by atoms with Crippen molar-refractivity contribution < 1.29 is 4.74 Å². The van der Waals surface area contributed by atoms with Gasteiger partial charge in [0.15, 0.2) is 0 Å². The van der Waals surface area contributed by atoms with Crippen LogP contribution in [0.4, 0.5) is 5.69 Å². The lowest BCUT2D eigenvalue weighted by Gasteiger charge is -2.32. The van der Waals surface area contributed by atoms with Crippen LogP contribution in [-0.4, -0.2) is 25.7 Å². The van der Waals surface area contributed by atoms with Crippen molar-refractivity contribution in [2.75, 3.05) is 24.6 Å². The lowest BCUT2D eigenvalue weighted by molar-refractivity contribution is 0.339. The molecule has 2 N–H and O–H groups in total. The van der Waals surface area contributed by atoms with E-state index in [9.17, 15) is 0 Å². The van der Waals surface area contributed by atoms with Gasteiger partial charge in [-0.15, -0.1) is 0 Å². The molecule has 1 aromatic rings. The van der Waals surface area contributed by atoms with Crippen molar-refractivity contribution in [1.29, 1.82) is 0 Å². The molecule has 0 radical (unpaired) electrons. The number of benzene rings is 1. The second-order valence-electron chi connectivity index (χ2n) is 4.23. The van der Waals surface area contributed by atoms with E-state index in [1.54, 1.807) is 0 Å². The summed E-state index contributed by atoms with van der Waals surface area (Å²) in [4.78, 5) is 2.37. The van der Waals surface area contributed by atoms with Crippen LogP contribution < -0.4 is 15.4 Å². The zero-order chi connectivity index (χ0) is 11.4. The Balaban J connectivity index is 2.13. The van der Waals surface area contributed by atoms with Crippen molar-refractivity contribution in [3.05, 3.63) is 24.3 Å². The fourth-order valence-electron chi connectivity index (χ4n) is 2.14. The van der Waals surface area contributed by atoms with E-state index >= 15 is 0 Å². The van der Waals surface area contributed by atoms with Crippen LogP contribution in [0.3, 0.4) is 0 Å². The van der Waals surface area contributed by atoms with Crippen LogP contribution >= 0.6 is 0 Å². The summed E-state index contributed by atoms with van der Waals surface area (Å²) in [7, 11) is 0. The zero-order valence-corrected chi connectivity index (χ0v) is 9.86. The highest BCUT2D eigenvalue weighted by molar-refractivity contribution is 5.58. The Hall–Kier alpha value is -1.22. The number of para-hydroxylation sites is 2. The maximum atomic E-state index is 5.91. The van der Waals surface area contributed by atoms with E-state index in [-0.39, 0.29) is 0 Å². The number of hydrogen-bond donors (Lipinski definition) is 1. The normalized spacial score (nSPS) is 17.5. The average Bonchev–Trinajstić information content (AvgIpc) is 2.32. The van der Waals surface area contributed by atoms with E-state index in [1.165, 1.54) is 5.69 Å². The van der Waals surface area contributed by atoms with E-state index < -0.39 is 0 Å². The first-order chi connectivity index (χ1) is 7.81. The standard InChI is InChI=1S/C13H20N2O/c1-2-16-13-6-4-3-5-12(13)15-9-7-11(14)8-10-15/h3-6,11H,2,7-10,14H2,1H3. The molecule has 0 amide bonds. The minimum Gasteiger partial charge on any atom is -0.492 e. The van der Waals surface area contributed by atoms with Crippen molar-refractivity contribution in [3.63, 3.8) is 0 Å². The zero-order valence-electron chi connectivity index (χ0n) is 9.86. The monoisotopic (exact) mass is 220 g/mol. The molecular weight excluding hydrogens is 200 g/mol. The molecule has 0 saturated carbocycles. The van der Waals surface area contributed by atoms with Gasteiger partial charge in [-0.1, -0.05) is 12.1 Å². The van der Waals surface area contributed by atoms with Gasteiger partial charge in [0.2, 0.25) is 0 Å². The molecule has 0 bridgehead atoms. The van der Waals surface area contributed by atoms with Crippen molar-refractivity contribution in [3.8, 4) is 5.75 Å². The van der Waals surface area contributed by atoms with Gasteiger partial charge >= 0.3 is 0 Å². The van der Waals surface area contributed by atoms with Crippen molar-refractivity contribution >= 4 is 5.69 Å². The first kappa shape index (κ1) is 11.3. The van der Waals surface area contributed by atoms with Gasteiger partial charge < -0.3 is 15.4 Å². The number of anilines is 1. The van der Waals surface area contributed by atoms with Crippen LogP contribution in [0.2, 0.25) is 0 Å². The highest BCUT2D eigenvalue weighted by atomic mass is 16.5. The molecule has 88 valence electrons. The van der Waals surface area contributed by atoms with Gasteiger partial charge in [-0.05, 0) is 31.9 Å². The molecule has 1 fully saturated rings. The predicted octanol–water partition coefficient (Wildman–Crippen LogP) is 2.01. The second kappa shape index (κ2) is 5.21. The largest absolute Gasteiger partial charge is 0.492 e. The van der Waals surface area contributed by atoms with Gasteiger partial charge in [0.05, 0.1) is 12.3 Å². The third-order valence-corrected chi connectivity index (χ3v) is 3.05. The van der Waals surface area contributed by atoms with Crippen LogP contribution in [0.1, 0.15) is 19.8 Å². The maximum absolute atomic E-state index is 5.91. The van der Waals surface area contributed by atoms with Crippen molar-refractivity contribution in [2.24, 2.45) is 5.73 Å².